The molecule has 1 aromatic rings. The molecule has 116 valence electrons. The molecular formula is C11H14F3N5O2. The molecule has 0 aliphatic heterocycles. The van der Waals surface area contributed by atoms with E-state index in [4.69, 9.17) is 5.73 Å². The predicted octanol–water partition coefficient (Wildman–Crippen LogP) is 0.131. The molecule has 21 heavy (non-hydrogen) atoms. The number of carbonyl (C=O) groups excluding carboxylic acids is 2. The fourth-order valence-corrected chi connectivity index (χ4v) is 1.43. The standard InChI is InChI=1S/C11H14F3N5O2/c1-6-4-7(11(12,13)14)19-8(18-6)2-3-16-9(20)5-17-10(15)21/h4H,2-3,5H2,1H3,(H,16,20)(H3,15,17,21). The second-order valence-electron chi connectivity index (χ2n) is 4.13. The number of nitrogens with two attached hydrogens (primary N) is 1. The fraction of sp³-hybridized carbons (Fsp3) is 0.455. The first-order valence-corrected chi connectivity index (χ1v) is 5.90. The highest BCUT2D eigenvalue weighted by atomic mass is 19.4. The van der Waals surface area contributed by atoms with Crippen LogP contribution in [0.4, 0.5) is 18.0 Å². The largest absolute Gasteiger partial charge is 0.433 e. The van der Waals surface area contributed by atoms with Crippen molar-refractivity contribution in [3.63, 3.8) is 0 Å². The molecule has 10 heteroatoms. The molecule has 0 unspecified atom stereocenters. The van der Waals surface area contributed by atoms with Gasteiger partial charge in [-0.05, 0) is 13.0 Å². The van der Waals surface area contributed by atoms with E-state index in [0.717, 1.165) is 6.07 Å². The van der Waals surface area contributed by atoms with Crippen LogP contribution in [0.3, 0.4) is 0 Å². The zero-order valence-electron chi connectivity index (χ0n) is 11.1. The lowest BCUT2D eigenvalue weighted by Gasteiger charge is -2.09. The first-order chi connectivity index (χ1) is 9.68. The smallest absolute Gasteiger partial charge is 0.354 e. The topological polar surface area (TPSA) is 110 Å². The maximum absolute atomic E-state index is 12.6. The number of primary amides is 1. The molecule has 1 aromatic heterocycles. The molecule has 3 amide bonds. The van der Waals surface area contributed by atoms with Crippen LogP contribution < -0.4 is 16.4 Å². The molecule has 7 nitrogen and oxygen atoms in total. The van der Waals surface area contributed by atoms with Crippen LogP contribution in [0.5, 0.6) is 0 Å². The second kappa shape index (κ2) is 6.86. The van der Waals surface area contributed by atoms with Crippen LogP contribution in [-0.2, 0) is 17.4 Å². The van der Waals surface area contributed by atoms with Crippen LogP contribution in [0, 0.1) is 6.92 Å². The zero-order valence-corrected chi connectivity index (χ0v) is 11.1. The summed E-state index contributed by atoms with van der Waals surface area (Å²) in [7, 11) is 0. The Labute approximate surface area is 118 Å². The number of rotatable bonds is 5. The highest BCUT2D eigenvalue weighted by Gasteiger charge is 2.33. The van der Waals surface area contributed by atoms with E-state index < -0.39 is 23.8 Å². The molecule has 0 saturated carbocycles. The molecule has 0 radical (unpaired) electrons. The van der Waals surface area contributed by atoms with Crippen LogP contribution in [0.1, 0.15) is 17.2 Å². The number of urea groups is 1. The summed E-state index contributed by atoms with van der Waals surface area (Å²) in [4.78, 5) is 28.9. The van der Waals surface area contributed by atoms with Gasteiger partial charge in [-0.25, -0.2) is 14.8 Å². The van der Waals surface area contributed by atoms with Crippen molar-refractivity contribution in [3.8, 4) is 0 Å². The van der Waals surface area contributed by atoms with E-state index in [9.17, 15) is 22.8 Å². The van der Waals surface area contributed by atoms with Crippen LogP contribution in [0.2, 0.25) is 0 Å². The molecule has 0 aliphatic carbocycles. The van der Waals surface area contributed by atoms with Gasteiger partial charge in [0.2, 0.25) is 5.91 Å². The van der Waals surface area contributed by atoms with E-state index >= 15 is 0 Å². The third-order valence-electron chi connectivity index (χ3n) is 2.28. The highest BCUT2D eigenvalue weighted by Crippen LogP contribution is 2.27. The van der Waals surface area contributed by atoms with Gasteiger partial charge >= 0.3 is 12.2 Å². The minimum Gasteiger partial charge on any atom is -0.354 e. The van der Waals surface area contributed by atoms with Gasteiger partial charge in [0.25, 0.3) is 0 Å². The maximum Gasteiger partial charge on any atom is 0.433 e. The normalized spacial score (nSPS) is 11.0. The number of amides is 3. The van der Waals surface area contributed by atoms with Gasteiger partial charge in [-0.1, -0.05) is 0 Å². The van der Waals surface area contributed by atoms with Gasteiger partial charge in [-0.3, -0.25) is 4.79 Å². The number of halogens is 3. The number of hydrogen-bond donors (Lipinski definition) is 3. The lowest BCUT2D eigenvalue weighted by molar-refractivity contribution is -0.141. The van der Waals surface area contributed by atoms with Gasteiger partial charge in [-0.2, -0.15) is 13.2 Å². The van der Waals surface area contributed by atoms with Crippen LogP contribution in [-0.4, -0.2) is 35.0 Å². The van der Waals surface area contributed by atoms with Gasteiger partial charge in [0.05, 0.1) is 6.54 Å². The van der Waals surface area contributed by atoms with Crippen LogP contribution in [0.25, 0.3) is 0 Å². The second-order valence-corrected chi connectivity index (χ2v) is 4.13. The fourth-order valence-electron chi connectivity index (χ4n) is 1.43. The van der Waals surface area contributed by atoms with Crippen molar-refractivity contribution < 1.29 is 22.8 Å². The molecule has 0 atom stereocenters. The number of alkyl halides is 3. The maximum atomic E-state index is 12.6. The molecule has 0 spiro atoms. The first kappa shape index (κ1) is 16.7. The number of carbonyl (C=O) groups is 2. The predicted molar refractivity (Wildman–Crippen MR) is 66.1 cm³/mol. The van der Waals surface area contributed by atoms with Gasteiger partial charge < -0.3 is 16.4 Å². The molecule has 0 aromatic carbocycles. The van der Waals surface area contributed by atoms with E-state index in [1.54, 1.807) is 0 Å². The number of aryl methyl sites for hydroxylation is 1. The number of aromatic nitrogens is 2. The Hall–Kier alpha value is -2.39. The van der Waals surface area contributed by atoms with Gasteiger partial charge in [-0.15, -0.1) is 0 Å². The minimum atomic E-state index is -4.54. The summed E-state index contributed by atoms with van der Waals surface area (Å²) in [5.41, 5.74) is 3.95. The molecule has 0 saturated heterocycles. The molecule has 4 N–H and O–H groups in total. The van der Waals surface area contributed by atoms with Crippen molar-refractivity contribution in [1.82, 2.24) is 20.6 Å². The third kappa shape index (κ3) is 6.06. The monoisotopic (exact) mass is 305 g/mol. The molecular weight excluding hydrogens is 291 g/mol. The number of nitrogens with zero attached hydrogens (tertiary/aromatic N) is 2. The van der Waals surface area contributed by atoms with Crippen molar-refractivity contribution in [2.45, 2.75) is 19.5 Å². The van der Waals surface area contributed by atoms with Gasteiger partial charge in [0.1, 0.15) is 11.5 Å². The zero-order chi connectivity index (χ0) is 16.0. The third-order valence-corrected chi connectivity index (χ3v) is 2.28. The van der Waals surface area contributed by atoms with Crippen molar-refractivity contribution in [1.29, 1.82) is 0 Å². The summed E-state index contributed by atoms with van der Waals surface area (Å²) in [6.45, 7) is 1.16. The Kier molecular flexibility index (Phi) is 5.44. The van der Waals surface area contributed by atoms with Crippen molar-refractivity contribution in [2.24, 2.45) is 5.73 Å². The lowest BCUT2D eigenvalue weighted by Crippen LogP contribution is -2.40. The summed E-state index contributed by atoms with van der Waals surface area (Å²) in [6.07, 6.45) is -4.51. The first-order valence-electron chi connectivity index (χ1n) is 5.90. The molecule has 1 rings (SSSR count). The SMILES string of the molecule is Cc1cc(C(F)(F)F)nc(CCNC(=O)CNC(N)=O)n1. The summed E-state index contributed by atoms with van der Waals surface area (Å²) in [5.74, 6) is -0.539. The van der Waals surface area contributed by atoms with Crippen molar-refractivity contribution >= 4 is 11.9 Å². The highest BCUT2D eigenvalue weighted by molar-refractivity contribution is 5.83. The van der Waals surface area contributed by atoms with Gasteiger partial charge in [0, 0.05) is 18.7 Å². The number of hydrogen-bond acceptors (Lipinski definition) is 4. The van der Waals surface area contributed by atoms with E-state index in [0.29, 0.717) is 0 Å². The van der Waals surface area contributed by atoms with E-state index in [1.807, 2.05) is 0 Å². The summed E-state index contributed by atoms with van der Waals surface area (Å²) >= 11 is 0. The van der Waals surface area contributed by atoms with Crippen molar-refractivity contribution in [3.05, 3.63) is 23.3 Å². The van der Waals surface area contributed by atoms with Crippen molar-refractivity contribution in [2.75, 3.05) is 13.1 Å². The van der Waals surface area contributed by atoms with Crippen LogP contribution >= 0.6 is 0 Å². The van der Waals surface area contributed by atoms with Gasteiger partial charge in [0.15, 0.2) is 0 Å². The van der Waals surface area contributed by atoms with Crippen LogP contribution in [0.15, 0.2) is 6.07 Å². The van der Waals surface area contributed by atoms with E-state index in [-0.39, 0.29) is 31.0 Å². The Morgan fingerprint density at radius 1 is 1.29 bits per heavy atom. The molecule has 0 bridgehead atoms. The Bertz CT molecular complexity index is 533. The Morgan fingerprint density at radius 3 is 2.52 bits per heavy atom. The quantitative estimate of drug-likeness (QED) is 0.718. The van der Waals surface area contributed by atoms with E-state index in [1.165, 1.54) is 6.92 Å². The number of nitrogens with one attached hydrogen (secondary N) is 2. The Morgan fingerprint density at radius 2 is 1.95 bits per heavy atom. The average molecular weight is 305 g/mol. The van der Waals surface area contributed by atoms with E-state index in [2.05, 4.69) is 20.6 Å². The summed E-state index contributed by atoms with van der Waals surface area (Å²) < 4.78 is 37.7. The average Bonchev–Trinajstić information content (AvgIpc) is 2.34. The minimum absolute atomic E-state index is 0.0227. The lowest BCUT2D eigenvalue weighted by atomic mass is 10.3. The molecule has 0 fully saturated rings. The Balaban J connectivity index is 2.54. The molecule has 0 aliphatic rings. The summed E-state index contributed by atoms with van der Waals surface area (Å²) in [6, 6.07) is 0.000710. The molecule has 1 heterocycles. The summed E-state index contributed by atoms with van der Waals surface area (Å²) in [5, 5.41) is 4.47.